The first kappa shape index (κ1) is 16.8. The van der Waals surface area contributed by atoms with Crippen LogP contribution in [0, 0.1) is 6.92 Å². The van der Waals surface area contributed by atoms with Crippen molar-refractivity contribution in [2.24, 2.45) is 5.16 Å². The molecule has 1 aliphatic heterocycles. The molecule has 0 bridgehead atoms. The fraction of sp³-hybridized carbons (Fsp3) is 0.381. The summed E-state index contributed by atoms with van der Waals surface area (Å²) in [4.78, 5) is 22.6. The Morgan fingerprint density at radius 3 is 2.96 bits per heavy atom. The maximum absolute atomic E-state index is 12.7. The largest absolute Gasteiger partial charge is 0.390 e. The Kier molecular flexibility index (Phi) is 4.69. The smallest absolute Gasteiger partial charge is 0.229 e. The zero-order valence-electron chi connectivity index (χ0n) is 14.9. The van der Waals surface area contributed by atoms with E-state index in [-0.39, 0.29) is 17.9 Å². The van der Waals surface area contributed by atoms with E-state index < -0.39 is 0 Å². The maximum atomic E-state index is 12.7. The summed E-state index contributed by atoms with van der Waals surface area (Å²) >= 11 is 0. The van der Waals surface area contributed by atoms with Gasteiger partial charge in [-0.1, -0.05) is 41.1 Å². The summed E-state index contributed by atoms with van der Waals surface area (Å²) in [5, 5.41) is 7.24. The van der Waals surface area contributed by atoms with Crippen LogP contribution in [0.2, 0.25) is 0 Å². The van der Waals surface area contributed by atoms with E-state index in [4.69, 9.17) is 4.84 Å². The number of nitrogens with zero attached hydrogens (tertiary/aromatic N) is 2. The Morgan fingerprint density at radius 1 is 1.27 bits per heavy atom. The molecular formula is C21H23N3O2. The second kappa shape index (κ2) is 7.28. The Hall–Kier alpha value is -2.69. The molecule has 0 saturated carbocycles. The minimum Gasteiger partial charge on any atom is -0.390 e. The highest BCUT2D eigenvalue weighted by molar-refractivity contribution is 6.01. The van der Waals surface area contributed by atoms with Gasteiger partial charge in [0.2, 0.25) is 5.91 Å². The monoisotopic (exact) mass is 349 g/mol. The zero-order chi connectivity index (χ0) is 17.9. The van der Waals surface area contributed by atoms with E-state index in [0.29, 0.717) is 13.0 Å². The summed E-state index contributed by atoms with van der Waals surface area (Å²) < 4.78 is 0. The molecule has 1 amide bonds. The molecule has 134 valence electrons. The molecule has 1 N–H and O–H groups in total. The minimum absolute atomic E-state index is 0.0389. The highest BCUT2D eigenvalue weighted by Gasteiger charge is 2.29. The molecule has 26 heavy (non-hydrogen) atoms. The zero-order valence-corrected chi connectivity index (χ0v) is 14.9. The second-order valence-electron chi connectivity index (χ2n) is 7.07. The molecule has 2 atom stereocenters. The summed E-state index contributed by atoms with van der Waals surface area (Å²) in [6.07, 6.45) is 5.26. The third kappa shape index (κ3) is 3.47. The van der Waals surface area contributed by atoms with Crippen molar-refractivity contribution in [2.75, 3.05) is 6.54 Å². The average Bonchev–Trinajstić information content (AvgIpc) is 3.15. The molecule has 0 spiro atoms. The maximum Gasteiger partial charge on any atom is 0.229 e. The number of aryl methyl sites for hydroxylation is 2. The van der Waals surface area contributed by atoms with E-state index >= 15 is 0 Å². The standard InChI is InChI=1S/C21H23N3O2/c1-14-7-9-15(10-8-14)19-12-17(26-24-19)13-23-21(25)18-6-2-4-16-5-3-11-22-20(16)18/h3,5,7-11,17-18H,2,4,6,12-13H2,1H3,(H,23,25)/t17-,18+/m0/s1. The van der Waals surface area contributed by atoms with Crippen molar-refractivity contribution in [2.45, 2.75) is 44.6 Å². The molecule has 0 radical (unpaired) electrons. The fourth-order valence-corrected chi connectivity index (χ4v) is 3.66. The molecule has 2 aliphatic rings. The fourth-order valence-electron chi connectivity index (χ4n) is 3.66. The minimum atomic E-state index is -0.154. The predicted molar refractivity (Wildman–Crippen MR) is 100 cm³/mol. The van der Waals surface area contributed by atoms with Gasteiger partial charge in [-0.05, 0) is 43.4 Å². The molecule has 1 aliphatic carbocycles. The number of rotatable bonds is 4. The predicted octanol–water partition coefficient (Wildman–Crippen LogP) is 3.12. The number of benzene rings is 1. The number of oxime groups is 1. The topological polar surface area (TPSA) is 63.6 Å². The highest BCUT2D eigenvalue weighted by atomic mass is 16.6. The van der Waals surface area contributed by atoms with E-state index in [0.717, 1.165) is 36.2 Å². The van der Waals surface area contributed by atoms with Gasteiger partial charge in [0.1, 0.15) is 6.10 Å². The van der Waals surface area contributed by atoms with Crippen molar-refractivity contribution in [3.05, 3.63) is 65.0 Å². The Bertz CT molecular complexity index is 829. The molecule has 5 heteroatoms. The van der Waals surface area contributed by atoms with Crippen LogP contribution in [0.3, 0.4) is 0 Å². The number of aromatic nitrogens is 1. The van der Waals surface area contributed by atoms with Crippen LogP contribution in [0.25, 0.3) is 0 Å². The van der Waals surface area contributed by atoms with Gasteiger partial charge in [0.05, 0.1) is 23.9 Å². The van der Waals surface area contributed by atoms with Gasteiger partial charge in [-0.3, -0.25) is 9.78 Å². The van der Waals surface area contributed by atoms with Crippen molar-refractivity contribution < 1.29 is 9.63 Å². The molecule has 4 rings (SSSR count). The Morgan fingerprint density at radius 2 is 2.12 bits per heavy atom. The molecule has 1 aromatic carbocycles. The average molecular weight is 349 g/mol. The van der Waals surface area contributed by atoms with Gasteiger partial charge in [-0.15, -0.1) is 0 Å². The summed E-state index contributed by atoms with van der Waals surface area (Å²) in [7, 11) is 0. The summed E-state index contributed by atoms with van der Waals surface area (Å²) in [6, 6.07) is 12.3. The van der Waals surface area contributed by atoms with Crippen LogP contribution in [0.15, 0.2) is 47.8 Å². The van der Waals surface area contributed by atoms with E-state index in [1.807, 2.05) is 6.07 Å². The Labute approximate surface area is 153 Å². The van der Waals surface area contributed by atoms with Gasteiger partial charge in [0, 0.05) is 12.6 Å². The van der Waals surface area contributed by atoms with E-state index in [1.165, 1.54) is 11.1 Å². The van der Waals surface area contributed by atoms with Crippen molar-refractivity contribution in [3.8, 4) is 0 Å². The molecule has 0 saturated heterocycles. The molecule has 2 aromatic rings. The van der Waals surface area contributed by atoms with Gasteiger partial charge in [0.25, 0.3) is 0 Å². The molecule has 0 unspecified atom stereocenters. The van der Waals surface area contributed by atoms with Crippen molar-refractivity contribution >= 4 is 11.6 Å². The van der Waals surface area contributed by atoms with Crippen LogP contribution < -0.4 is 5.32 Å². The van der Waals surface area contributed by atoms with Gasteiger partial charge in [0.15, 0.2) is 0 Å². The van der Waals surface area contributed by atoms with Crippen LogP contribution in [-0.4, -0.2) is 29.3 Å². The van der Waals surface area contributed by atoms with Crippen LogP contribution in [0.4, 0.5) is 0 Å². The lowest BCUT2D eigenvalue weighted by Gasteiger charge is -2.23. The first-order valence-electron chi connectivity index (χ1n) is 9.22. The van der Waals surface area contributed by atoms with Gasteiger partial charge in [-0.2, -0.15) is 0 Å². The lowest BCUT2D eigenvalue weighted by molar-refractivity contribution is -0.123. The number of carbonyl (C=O) groups excluding carboxylic acids is 1. The second-order valence-corrected chi connectivity index (χ2v) is 7.07. The number of carbonyl (C=O) groups is 1. The van der Waals surface area contributed by atoms with Crippen LogP contribution in [0.5, 0.6) is 0 Å². The van der Waals surface area contributed by atoms with E-state index in [2.05, 4.69) is 52.7 Å². The van der Waals surface area contributed by atoms with Crippen LogP contribution >= 0.6 is 0 Å². The number of amides is 1. The number of hydrogen-bond acceptors (Lipinski definition) is 4. The van der Waals surface area contributed by atoms with Crippen LogP contribution in [-0.2, 0) is 16.1 Å². The molecule has 0 fully saturated rings. The van der Waals surface area contributed by atoms with Crippen molar-refractivity contribution in [3.63, 3.8) is 0 Å². The summed E-state index contributed by atoms with van der Waals surface area (Å²) in [5.74, 6) is -0.115. The van der Waals surface area contributed by atoms with Crippen molar-refractivity contribution in [1.29, 1.82) is 0 Å². The third-order valence-electron chi connectivity index (χ3n) is 5.13. The van der Waals surface area contributed by atoms with Gasteiger partial charge >= 0.3 is 0 Å². The first-order chi connectivity index (χ1) is 12.7. The van der Waals surface area contributed by atoms with Crippen molar-refractivity contribution in [1.82, 2.24) is 10.3 Å². The number of nitrogens with one attached hydrogen (secondary N) is 1. The first-order valence-corrected chi connectivity index (χ1v) is 9.22. The normalized spacial score (nSPS) is 21.5. The quantitative estimate of drug-likeness (QED) is 0.922. The van der Waals surface area contributed by atoms with E-state index in [1.54, 1.807) is 6.20 Å². The number of pyridine rings is 1. The molecule has 2 heterocycles. The van der Waals surface area contributed by atoms with Crippen LogP contribution in [0.1, 0.15) is 47.6 Å². The van der Waals surface area contributed by atoms with E-state index in [9.17, 15) is 4.79 Å². The lowest BCUT2D eigenvalue weighted by Crippen LogP contribution is -2.37. The van der Waals surface area contributed by atoms with Gasteiger partial charge in [-0.25, -0.2) is 0 Å². The third-order valence-corrected chi connectivity index (χ3v) is 5.13. The Balaban J connectivity index is 1.33. The molecule has 1 aromatic heterocycles. The molecule has 5 nitrogen and oxygen atoms in total. The molecular weight excluding hydrogens is 326 g/mol. The highest BCUT2D eigenvalue weighted by Crippen LogP contribution is 2.30. The summed E-state index contributed by atoms with van der Waals surface area (Å²) in [5.41, 5.74) is 5.36. The number of fused-ring (bicyclic) bond motifs is 1. The number of hydrogen-bond donors (Lipinski definition) is 1. The summed E-state index contributed by atoms with van der Waals surface area (Å²) in [6.45, 7) is 2.53. The lowest BCUT2D eigenvalue weighted by atomic mass is 9.86. The van der Waals surface area contributed by atoms with Gasteiger partial charge < -0.3 is 10.2 Å². The SMILES string of the molecule is Cc1ccc(C2=NO[C@H](CNC(=O)[C@@H]3CCCc4cccnc43)C2)cc1.